The lowest BCUT2D eigenvalue weighted by molar-refractivity contribution is -0.139. The minimum Gasteiger partial charge on any atom is -0.491 e. The van der Waals surface area contributed by atoms with Crippen LogP contribution < -0.4 is 15.4 Å². The lowest BCUT2D eigenvalue weighted by atomic mass is 10.2. The van der Waals surface area contributed by atoms with Crippen molar-refractivity contribution in [1.82, 2.24) is 10.6 Å². The van der Waals surface area contributed by atoms with E-state index in [9.17, 15) is 27.2 Å². The monoisotopic (exact) mass is 398 g/mol. The summed E-state index contributed by atoms with van der Waals surface area (Å²) in [6.45, 7) is 0.906. The van der Waals surface area contributed by atoms with Crippen molar-refractivity contribution >= 4 is 11.8 Å². The van der Waals surface area contributed by atoms with E-state index >= 15 is 0 Å². The Labute approximate surface area is 158 Å². The summed E-state index contributed by atoms with van der Waals surface area (Å²) in [5, 5.41) is 4.74. The number of carbonyl (C=O) groups excluding carboxylic acids is 2. The molecule has 0 aromatic heterocycles. The number of ether oxygens (including phenoxy) is 1. The number of hydrogen-bond donors (Lipinski definition) is 2. The summed E-state index contributed by atoms with van der Waals surface area (Å²) in [5.74, 6) is -2.41. The molecule has 0 bridgehead atoms. The maximum Gasteiger partial charge on any atom is 0.419 e. The second-order valence-corrected chi connectivity index (χ2v) is 5.94. The molecule has 0 spiro atoms. The first-order chi connectivity index (χ1) is 13.2. The summed E-state index contributed by atoms with van der Waals surface area (Å²) in [4.78, 5) is 23.7. The van der Waals surface area contributed by atoms with Crippen LogP contribution in [0.4, 0.5) is 17.6 Å². The Balaban J connectivity index is 1.82. The van der Waals surface area contributed by atoms with E-state index in [0.29, 0.717) is 0 Å². The third-order valence-corrected chi connectivity index (χ3v) is 3.62. The zero-order valence-electron chi connectivity index (χ0n) is 14.8. The summed E-state index contributed by atoms with van der Waals surface area (Å²) in [6.07, 6.45) is -4.56. The fraction of sp³-hybridized carbons (Fsp3) is 0.263. The Morgan fingerprint density at radius 1 is 1.07 bits per heavy atom. The number of halogens is 4. The molecule has 0 radical (unpaired) electrons. The van der Waals surface area contributed by atoms with Gasteiger partial charge >= 0.3 is 6.18 Å². The third-order valence-electron chi connectivity index (χ3n) is 3.62. The molecule has 0 aliphatic heterocycles. The maximum atomic E-state index is 13.5. The molecule has 5 nitrogen and oxygen atoms in total. The molecule has 0 fully saturated rings. The molecule has 0 saturated heterocycles. The fourth-order valence-electron chi connectivity index (χ4n) is 2.31. The highest BCUT2D eigenvalue weighted by atomic mass is 19.4. The normalized spacial score (nSPS) is 12.2. The van der Waals surface area contributed by atoms with Crippen LogP contribution in [0.15, 0.2) is 48.5 Å². The van der Waals surface area contributed by atoms with E-state index in [-0.39, 0.29) is 17.9 Å². The Kier molecular flexibility index (Phi) is 6.97. The number of hydrogen-bond acceptors (Lipinski definition) is 3. The van der Waals surface area contributed by atoms with Gasteiger partial charge in [-0.25, -0.2) is 4.39 Å². The van der Waals surface area contributed by atoms with E-state index in [4.69, 9.17) is 4.74 Å². The van der Waals surface area contributed by atoms with Gasteiger partial charge in [0.2, 0.25) is 5.91 Å². The van der Waals surface area contributed by atoms with Crippen molar-refractivity contribution in [2.24, 2.45) is 0 Å². The highest BCUT2D eigenvalue weighted by Crippen LogP contribution is 2.35. The minimum absolute atomic E-state index is 0.199. The van der Waals surface area contributed by atoms with Crippen molar-refractivity contribution in [2.75, 3.05) is 13.2 Å². The molecule has 28 heavy (non-hydrogen) atoms. The van der Waals surface area contributed by atoms with Crippen LogP contribution >= 0.6 is 0 Å². The van der Waals surface area contributed by atoms with Gasteiger partial charge in [0.15, 0.2) is 0 Å². The maximum absolute atomic E-state index is 13.5. The summed E-state index contributed by atoms with van der Waals surface area (Å²) in [5.41, 5.74) is -1.11. The molecular formula is C19H18F4N2O3. The molecule has 0 heterocycles. The van der Waals surface area contributed by atoms with Gasteiger partial charge in [0, 0.05) is 0 Å². The molecule has 1 atom stereocenters. The zero-order chi connectivity index (χ0) is 20.7. The summed E-state index contributed by atoms with van der Waals surface area (Å²) >= 11 is 0. The molecule has 0 aliphatic rings. The van der Waals surface area contributed by atoms with Crippen LogP contribution in [0.1, 0.15) is 22.8 Å². The molecule has 0 aliphatic carbocycles. The Hall–Kier alpha value is -3.10. The van der Waals surface area contributed by atoms with Gasteiger partial charge in [-0.05, 0) is 31.2 Å². The van der Waals surface area contributed by atoms with Gasteiger partial charge in [-0.15, -0.1) is 0 Å². The van der Waals surface area contributed by atoms with E-state index in [1.165, 1.54) is 43.3 Å². The molecule has 2 rings (SSSR count). The van der Waals surface area contributed by atoms with E-state index in [1.807, 2.05) is 0 Å². The van der Waals surface area contributed by atoms with Crippen LogP contribution in [-0.2, 0) is 11.0 Å². The smallest absolute Gasteiger partial charge is 0.419 e. The average Bonchev–Trinajstić information content (AvgIpc) is 2.64. The molecular weight excluding hydrogens is 380 g/mol. The van der Waals surface area contributed by atoms with Crippen molar-refractivity contribution in [1.29, 1.82) is 0 Å². The SMILES string of the molecule is C[C@@H](COc1ccccc1C(F)(F)F)NC(=O)CNC(=O)c1ccccc1F. The van der Waals surface area contributed by atoms with Crippen molar-refractivity contribution < 1.29 is 31.9 Å². The van der Waals surface area contributed by atoms with Crippen molar-refractivity contribution in [2.45, 2.75) is 19.1 Å². The van der Waals surface area contributed by atoms with Gasteiger partial charge < -0.3 is 15.4 Å². The second kappa shape index (κ2) is 9.20. The van der Waals surface area contributed by atoms with Crippen LogP contribution in [0.25, 0.3) is 0 Å². The van der Waals surface area contributed by atoms with Crippen LogP contribution in [0.2, 0.25) is 0 Å². The number of carbonyl (C=O) groups is 2. The first-order valence-corrected chi connectivity index (χ1v) is 8.29. The van der Waals surface area contributed by atoms with E-state index in [1.54, 1.807) is 0 Å². The van der Waals surface area contributed by atoms with Crippen LogP contribution in [0.5, 0.6) is 5.75 Å². The quantitative estimate of drug-likeness (QED) is 0.704. The Bertz CT molecular complexity index is 840. The predicted molar refractivity (Wildman–Crippen MR) is 93.3 cm³/mol. The third kappa shape index (κ3) is 5.97. The van der Waals surface area contributed by atoms with Crippen LogP contribution in [-0.4, -0.2) is 31.0 Å². The van der Waals surface area contributed by atoms with E-state index < -0.39 is 42.0 Å². The lowest BCUT2D eigenvalue weighted by Gasteiger charge is -2.18. The molecule has 150 valence electrons. The molecule has 9 heteroatoms. The molecule has 2 aromatic rings. The molecule has 0 saturated carbocycles. The van der Waals surface area contributed by atoms with Crippen molar-refractivity contribution in [3.63, 3.8) is 0 Å². The number of benzene rings is 2. The highest BCUT2D eigenvalue weighted by Gasteiger charge is 2.34. The number of nitrogens with one attached hydrogen (secondary N) is 2. The molecule has 0 unspecified atom stereocenters. The van der Waals surface area contributed by atoms with E-state index in [2.05, 4.69) is 10.6 Å². The zero-order valence-corrected chi connectivity index (χ0v) is 14.8. The number of alkyl halides is 3. The minimum atomic E-state index is -4.56. The molecule has 2 amide bonds. The number of rotatable bonds is 7. The van der Waals surface area contributed by atoms with Gasteiger partial charge in [-0.2, -0.15) is 13.2 Å². The standard InChI is InChI=1S/C19H18F4N2O3/c1-12(11-28-16-9-5-3-7-14(16)19(21,22)23)25-17(26)10-24-18(27)13-6-2-4-8-15(13)20/h2-9,12H,10-11H2,1H3,(H,24,27)(H,25,26)/t12-/m0/s1. The second-order valence-electron chi connectivity index (χ2n) is 5.94. The topological polar surface area (TPSA) is 67.4 Å². The summed E-state index contributed by atoms with van der Waals surface area (Å²) < 4.78 is 57.4. The van der Waals surface area contributed by atoms with Gasteiger partial charge in [-0.1, -0.05) is 24.3 Å². The molecule has 2 aromatic carbocycles. The van der Waals surface area contributed by atoms with Gasteiger partial charge in [-0.3, -0.25) is 9.59 Å². The summed E-state index contributed by atoms with van der Waals surface area (Å²) in [6, 6.07) is 9.42. The van der Waals surface area contributed by atoms with Gasteiger partial charge in [0.25, 0.3) is 5.91 Å². The first kappa shape index (κ1) is 21.2. The fourth-order valence-corrected chi connectivity index (χ4v) is 2.31. The predicted octanol–water partition coefficient (Wildman–Crippen LogP) is 3.16. The highest BCUT2D eigenvalue weighted by molar-refractivity contribution is 5.96. The Morgan fingerprint density at radius 3 is 2.39 bits per heavy atom. The van der Waals surface area contributed by atoms with E-state index in [0.717, 1.165) is 12.1 Å². The largest absolute Gasteiger partial charge is 0.491 e. The lowest BCUT2D eigenvalue weighted by Crippen LogP contribution is -2.43. The van der Waals surface area contributed by atoms with Crippen molar-refractivity contribution in [3.8, 4) is 5.75 Å². The number of para-hydroxylation sites is 1. The van der Waals surface area contributed by atoms with Crippen LogP contribution in [0.3, 0.4) is 0 Å². The Morgan fingerprint density at radius 2 is 1.71 bits per heavy atom. The first-order valence-electron chi connectivity index (χ1n) is 8.29. The van der Waals surface area contributed by atoms with Crippen molar-refractivity contribution in [3.05, 3.63) is 65.5 Å². The molecule has 2 N–H and O–H groups in total. The van der Waals surface area contributed by atoms with Gasteiger partial charge in [0.05, 0.1) is 23.7 Å². The summed E-state index contributed by atoms with van der Waals surface area (Å²) in [7, 11) is 0. The average molecular weight is 398 g/mol. The van der Waals surface area contributed by atoms with Gasteiger partial charge in [0.1, 0.15) is 18.2 Å². The number of amides is 2. The van der Waals surface area contributed by atoms with Crippen LogP contribution in [0, 0.1) is 5.82 Å².